The zero-order valence-electron chi connectivity index (χ0n) is 18.2. The summed E-state index contributed by atoms with van der Waals surface area (Å²) in [6, 6.07) is 18.1. The van der Waals surface area contributed by atoms with E-state index >= 15 is 0 Å². The molecule has 1 heterocycles. The van der Waals surface area contributed by atoms with Crippen molar-refractivity contribution in [3.05, 3.63) is 78.9 Å². The molecule has 0 aromatic heterocycles. The Morgan fingerprint density at radius 3 is 2.26 bits per heavy atom. The number of benzene rings is 3. The molecule has 4 rings (SSSR count). The topological polar surface area (TPSA) is 158 Å². The van der Waals surface area contributed by atoms with Crippen molar-refractivity contribution in [3.8, 4) is 0 Å². The molecule has 180 valence electrons. The number of rotatable bonds is 7. The molecule has 0 radical (unpaired) electrons. The second-order valence-electron chi connectivity index (χ2n) is 7.45. The fourth-order valence-corrected chi connectivity index (χ4v) is 4.75. The Bertz CT molecular complexity index is 1540. The molecule has 0 aliphatic carbocycles. The van der Waals surface area contributed by atoms with E-state index in [4.69, 9.17) is 4.55 Å². The summed E-state index contributed by atoms with van der Waals surface area (Å²) in [6.07, 6.45) is 0. The Kier molecular flexibility index (Phi) is 6.47. The first-order chi connectivity index (χ1) is 16.5. The van der Waals surface area contributed by atoms with Gasteiger partial charge in [-0.15, -0.1) is 0 Å². The third-order valence-corrected chi connectivity index (χ3v) is 7.18. The fourth-order valence-electron chi connectivity index (χ4n) is 3.20. The maximum atomic E-state index is 12.9. The molecule has 0 saturated heterocycles. The van der Waals surface area contributed by atoms with Crippen molar-refractivity contribution in [2.75, 3.05) is 9.73 Å². The van der Waals surface area contributed by atoms with Crippen LogP contribution < -0.4 is 9.73 Å². The zero-order chi connectivity index (χ0) is 25.2. The molecule has 1 atom stereocenters. The predicted molar refractivity (Wildman–Crippen MR) is 129 cm³/mol. The summed E-state index contributed by atoms with van der Waals surface area (Å²) in [5.41, 5.74) is 1.21. The van der Waals surface area contributed by atoms with Crippen LogP contribution in [0.15, 0.2) is 104 Å². The monoisotopic (exact) mass is 513 g/mol. The maximum Gasteiger partial charge on any atom is 0.294 e. The van der Waals surface area contributed by atoms with Crippen molar-refractivity contribution in [2.45, 2.75) is 22.8 Å². The van der Waals surface area contributed by atoms with E-state index in [-0.39, 0.29) is 21.2 Å². The average Bonchev–Trinajstić information content (AvgIpc) is 3.11. The number of hydrogen-bond donors (Lipinski definition) is 2. The minimum Gasteiger partial charge on any atom is -0.282 e. The molecule has 3 aromatic carbocycles. The number of sulfonamides is 1. The lowest BCUT2D eigenvalue weighted by Gasteiger charge is -2.14. The van der Waals surface area contributed by atoms with E-state index in [9.17, 15) is 21.6 Å². The van der Waals surface area contributed by atoms with Crippen LogP contribution >= 0.6 is 0 Å². The molecule has 0 spiro atoms. The summed E-state index contributed by atoms with van der Waals surface area (Å²) in [5.74, 6) is -0.496. The quantitative estimate of drug-likeness (QED) is 0.363. The minimum atomic E-state index is -4.33. The molecule has 0 bridgehead atoms. The van der Waals surface area contributed by atoms with E-state index in [2.05, 4.69) is 20.1 Å². The Morgan fingerprint density at radius 2 is 1.60 bits per heavy atom. The summed E-state index contributed by atoms with van der Waals surface area (Å²) in [5, 5.41) is 13.3. The minimum absolute atomic E-state index is 0.0987. The molecule has 0 saturated carbocycles. The number of amides is 1. The van der Waals surface area contributed by atoms with Crippen LogP contribution in [0.5, 0.6) is 0 Å². The van der Waals surface area contributed by atoms with Crippen molar-refractivity contribution in [1.29, 1.82) is 0 Å². The van der Waals surface area contributed by atoms with Crippen LogP contribution in [0, 0.1) is 0 Å². The molecule has 35 heavy (non-hydrogen) atoms. The van der Waals surface area contributed by atoms with Gasteiger partial charge in [-0.3, -0.25) is 14.1 Å². The van der Waals surface area contributed by atoms with Gasteiger partial charge in [0.1, 0.15) is 0 Å². The molecule has 1 amide bonds. The smallest absolute Gasteiger partial charge is 0.282 e. The van der Waals surface area contributed by atoms with E-state index in [1.54, 1.807) is 43.3 Å². The molecule has 1 aliphatic rings. The van der Waals surface area contributed by atoms with Crippen LogP contribution in [-0.4, -0.2) is 39.0 Å². The van der Waals surface area contributed by atoms with Crippen LogP contribution in [-0.2, 0) is 24.9 Å². The van der Waals surface area contributed by atoms with Crippen LogP contribution in [0.25, 0.3) is 0 Å². The number of azo groups is 1. The van der Waals surface area contributed by atoms with Gasteiger partial charge in [0, 0.05) is 0 Å². The van der Waals surface area contributed by atoms with Gasteiger partial charge in [-0.2, -0.15) is 28.8 Å². The largest absolute Gasteiger partial charge is 0.294 e. The van der Waals surface area contributed by atoms with E-state index < -0.39 is 32.1 Å². The number of nitrogens with one attached hydrogen (secondary N) is 1. The standard InChI is InChI=1S/C22H19N5O6S2/c1-15-21(24-23-16-10-12-20(13-11-16)35(31,32)33)22(28)27(25-15)18-7-5-6-17(14-18)26-34(29,30)19-8-3-2-4-9-19/h2-14,21,26H,1H3,(H,31,32,33). The zero-order valence-corrected chi connectivity index (χ0v) is 19.8. The first-order valence-corrected chi connectivity index (χ1v) is 13.0. The van der Waals surface area contributed by atoms with Gasteiger partial charge in [0.05, 0.1) is 32.6 Å². The number of hydrogen-bond acceptors (Lipinski definition) is 8. The number of anilines is 2. The molecule has 1 aliphatic heterocycles. The summed E-state index contributed by atoms with van der Waals surface area (Å²) in [4.78, 5) is 12.8. The van der Waals surface area contributed by atoms with Crippen molar-refractivity contribution >= 4 is 48.8 Å². The van der Waals surface area contributed by atoms with E-state index in [1.165, 1.54) is 30.3 Å². The van der Waals surface area contributed by atoms with Crippen molar-refractivity contribution in [2.24, 2.45) is 15.3 Å². The third kappa shape index (κ3) is 5.42. The highest BCUT2D eigenvalue weighted by Crippen LogP contribution is 2.27. The highest BCUT2D eigenvalue weighted by Gasteiger charge is 2.35. The lowest BCUT2D eigenvalue weighted by molar-refractivity contribution is -0.117. The molecular formula is C22H19N5O6S2. The summed E-state index contributed by atoms with van der Waals surface area (Å²) >= 11 is 0. The van der Waals surface area contributed by atoms with Gasteiger partial charge in [-0.05, 0) is 61.5 Å². The van der Waals surface area contributed by atoms with Crippen molar-refractivity contribution in [1.82, 2.24) is 0 Å². The average molecular weight is 514 g/mol. The first kappa shape index (κ1) is 24.2. The third-order valence-electron chi connectivity index (χ3n) is 4.92. The van der Waals surface area contributed by atoms with Crippen LogP contribution in [0.4, 0.5) is 17.1 Å². The second kappa shape index (κ2) is 9.37. The highest BCUT2D eigenvalue weighted by atomic mass is 32.2. The van der Waals surface area contributed by atoms with Crippen molar-refractivity contribution < 1.29 is 26.2 Å². The molecule has 13 heteroatoms. The second-order valence-corrected chi connectivity index (χ2v) is 10.6. The Morgan fingerprint density at radius 1 is 0.914 bits per heavy atom. The number of carbonyl (C=O) groups is 1. The lowest BCUT2D eigenvalue weighted by atomic mass is 10.2. The lowest BCUT2D eigenvalue weighted by Crippen LogP contribution is -2.29. The van der Waals surface area contributed by atoms with Crippen LogP contribution in [0.1, 0.15) is 6.92 Å². The number of hydrazone groups is 1. The SMILES string of the molecule is CC1=NN(c2cccc(NS(=O)(=O)c3ccccc3)c2)C(=O)C1N=Nc1ccc(S(=O)(=O)O)cc1. The Hall–Kier alpha value is -3.94. The number of nitrogens with zero attached hydrogens (tertiary/aromatic N) is 4. The molecule has 2 N–H and O–H groups in total. The van der Waals surface area contributed by atoms with Gasteiger partial charge in [0.15, 0.2) is 6.04 Å². The summed E-state index contributed by atoms with van der Waals surface area (Å²) < 4.78 is 59.0. The van der Waals surface area contributed by atoms with E-state index in [0.717, 1.165) is 17.1 Å². The van der Waals surface area contributed by atoms with E-state index in [0.29, 0.717) is 11.4 Å². The predicted octanol–water partition coefficient (Wildman–Crippen LogP) is 3.61. The first-order valence-electron chi connectivity index (χ1n) is 10.1. The highest BCUT2D eigenvalue weighted by molar-refractivity contribution is 7.92. The van der Waals surface area contributed by atoms with E-state index in [1.807, 2.05) is 0 Å². The van der Waals surface area contributed by atoms with Gasteiger partial charge in [0.25, 0.3) is 26.0 Å². The fraction of sp³-hybridized carbons (Fsp3) is 0.0909. The van der Waals surface area contributed by atoms with Gasteiger partial charge < -0.3 is 0 Å². The van der Waals surface area contributed by atoms with Gasteiger partial charge in [0.2, 0.25) is 0 Å². The van der Waals surface area contributed by atoms with Crippen LogP contribution in [0.3, 0.4) is 0 Å². The number of carbonyl (C=O) groups excluding carboxylic acids is 1. The molecule has 11 nitrogen and oxygen atoms in total. The summed E-state index contributed by atoms with van der Waals surface area (Å²) in [7, 11) is -8.15. The van der Waals surface area contributed by atoms with Gasteiger partial charge in [-0.1, -0.05) is 24.3 Å². The van der Waals surface area contributed by atoms with Crippen molar-refractivity contribution in [3.63, 3.8) is 0 Å². The molecule has 3 aromatic rings. The van der Waals surface area contributed by atoms with Gasteiger partial charge >= 0.3 is 0 Å². The molecule has 0 fully saturated rings. The Balaban J connectivity index is 1.51. The Labute approximate surface area is 201 Å². The molecule has 1 unspecified atom stereocenters. The normalized spacial score (nSPS) is 16.5. The van der Waals surface area contributed by atoms with Gasteiger partial charge in [-0.25, -0.2) is 8.42 Å². The van der Waals surface area contributed by atoms with Crippen LogP contribution in [0.2, 0.25) is 0 Å². The summed E-state index contributed by atoms with van der Waals surface area (Å²) in [6.45, 7) is 1.60. The molecular weight excluding hydrogens is 494 g/mol. The maximum absolute atomic E-state index is 12.9.